The first kappa shape index (κ1) is 10.4. The van der Waals surface area contributed by atoms with Crippen LogP contribution in [0.15, 0.2) is 18.2 Å². The predicted octanol–water partition coefficient (Wildman–Crippen LogP) is 1.32. The Balaban J connectivity index is 2.60. The minimum Gasteiger partial charge on any atom is -0.332 e. The third-order valence-electron chi connectivity index (χ3n) is 2.23. The van der Waals surface area contributed by atoms with Crippen LogP contribution in [-0.2, 0) is 4.79 Å². The standard InChI is InChI=1S/C10H9IN2O2/c1-13-5-8(14)12-7-4-2-3-6(11)9(7)10(13)15/h2-4H,5H2,1H3,(H,12,14). The predicted molar refractivity (Wildman–Crippen MR) is 64.7 cm³/mol. The molecule has 2 amide bonds. The molecule has 5 heteroatoms. The number of nitrogens with one attached hydrogen (secondary N) is 1. The van der Waals surface area contributed by atoms with Crippen LogP contribution in [0.25, 0.3) is 0 Å². The number of hydrogen-bond donors (Lipinski definition) is 1. The van der Waals surface area contributed by atoms with Gasteiger partial charge >= 0.3 is 0 Å². The lowest BCUT2D eigenvalue weighted by Gasteiger charge is -2.13. The van der Waals surface area contributed by atoms with Crippen LogP contribution >= 0.6 is 22.6 Å². The number of carbonyl (C=O) groups is 2. The van der Waals surface area contributed by atoms with E-state index in [1.165, 1.54) is 4.90 Å². The van der Waals surface area contributed by atoms with Gasteiger partial charge in [-0.25, -0.2) is 0 Å². The molecule has 4 nitrogen and oxygen atoms in total. The normalized spacial score (nSPS) is 15.7. The molecule has 1 aromatic rings. The summed E-state index contributed by atoms with van der Waals surface area (Å²) in [4.78, 5) is 24.8. The summed E-state index contributed by atoms with van der Waals surface area (Å²) in [5, 5.41) is 2.72. The maximum atomic E-state index is 11.9. The van der Waals surface area contributed by atoms with Crippen LogP contribution in [0, 0.1) is 3.57 Å². The summed E-state index contributed by atoms with van der Waals surface area (Å²) in [6.45, 7) is 0.101. The fourth-order valence-electron chi connectivity index (χ4n) is 1.51. The molecule has 1 aliphatic rings. The van der Waals surface area contributed by atoms with Crippen LogP contribution in [0.4, 0.5) is 5.69 Å². The van der Waals surface area contributed by atoms with Gasteiger partial charge in [-0.05, 0) is 34.7 Å². The van der Waals surface area contributed by atoms with Crippen molar-refractivity contribution in [1.82, 2.24) is 4.90 Å². The summed E-state index contributed by atoms with van der Waals surface area (Å²) in [7, 11) is 1.63. The number of halogens is 1. The van der Waals surface area contributed by atoms with E-state index in [0.29, 0.717) is 11.3 Å². The fourth-order valence-corrected chi connectivity index (χ4v) is 2.24. The van der Waals surface area contributed by atoms with Crippen molar-refractivity contribution in [1.29, 1.82) is 0 Å². The first-order valence-electron chi connectivity index (χ1n) is 4.43. The summed E-state index contributed by atoms with van der Waals surface area (Å²) in [6.07, 6.45) is 0. The van der Waals surface area contributed by atoms with Crippen molar-refractivity contribution in [3.8, 4) is 0 Å². The van der Waals surface area contributed by atoms with Crippen LogP contribution < -0.4 is 5.32 Å². The van der Waals surface area contributed by atoms with Crippen LogP contribution in [0.3, 0.4) is 0 Å². The number of fused-ring (bicyclic) bond motifs is 1. The van der Waals surface area contributed by atoms with Crippen LogP contribution in [-0.4, -0.2) is 30.3 Å². The lowest BCUT2D eigenvalue weighted by molar-refractivity contribution is -0.116. The van der Waals surface area contributed by atoms with Crippen LogP contribution in [0.1, 0.15) is 10.4 Å². The second-order valence-corrected chi connectivity index (χ2v) is 4.53. The van der Waals surface area contributed by atoms with Gasteiger partial charge in [0.15, 0.2) is 0 Å². The molecule has 0 radical (unpaired) electrons. The van der Waals surface area contributed by atoms with Crippen molar-refractivity contribution in [3.05, 3.63) is 27.3 Å². The number of rotatable bonds is 0. The van der Waals surface area contributed by atoms with Gasteiger partial charge < -0.3 is 10.2 Å². The average molecular weight is 316 g/mol. The van der Waals surface area contributed by atoms with Gasteiger partial charge in [0.25, 0.3) is 5.91 Å². The number of carbonyl (C=O) groups excluding carboxylic acids is 2. The van der Waals surface area contributed by atoms with Gasteiger partial charge in [0, 0.05) is 10.6 Å². The number of likely N-dealkylation sites (N-methyl/N-ethyl adjacent to an activating group) is 1. The smallest absolute Gasteiger partial charge is 0.257 e. The van der Waals surface area contributed by atoms with E-state index in [9.17, 15) is 9.59 Å². The molecule has 2 rings (SSSR count). The average Bonchev–Trinajstić information content (AvgIpc) is 2.26. The number of anilines is 1. The zero-order valence-electron chi connectivity index (χ0n) is 8.08. The quantitative estimate of drug-likeness (QED) is 0.734. The molecule has 0 bridgehead atoms. The third-order valence-corrected chi connectivity index (χ3v) is 3.13. The molecule has 15 heavy (non-hydrogen) atoms. The first-order chi connectivity index (χ1) is 7.09. The highest BCUT2D eigenvalue weighted by atomic mass is 127. The maximum Gasteiger partial charge on any atom is 0.257 e. The van der Waals surface area contributed by atoms with Crippen molar-refractivity contribution in [2.45, 2.75) is 0 Å². The molecule has 0 saturated heterocycles. The Hall–Kier alpha value is -1.11. The highest BCUT2D eigenvalue weighted by molar-refractivity contribution is 14.1. The monoisotopic (exact) mass is 316 g/mol. The van der Waals surface area contributed by atoms with Crippen LogP contribution in [0.2, 0.25) is 0 Å². The summed E-state index contributed by atoms with van der Waals surface area (Å²) in [6, 6.07) is 5.41. The Morgan fingerprint density at radius 1 is 1.40 bits per heavy atom. The van der Waals surface area contributed by atoms with Crippen molar-refractivity contribution in [2.24, 2.45) is 0 Å². The topological polar surface area (TPSA) is 49.4 Å². The van der Waals surface area contributed by atoms with Gasteiger partial charge in [-0.1, -0.05) is 6.07 Å². The van der Waals surface area contributed by atoms with Gasteiger partial charge in [-0.3, -0.25) is 9.59 Å². The molecule has 1 aromatic carbocycles. The third kappa shape index (κ3) is 1.83. The minimum absolute atomic E-state index is 0.101. The van der Waals surface area contributed by atoms with E-state index in [2.05, 4.69) is 27.9 Å². The Morgan fingerprint density at radius 3 is 2.87 bits per heavy atom. The molecule has 0 spiro atoms. The van der Waals surface area contributed by atoms with Crippen molar-refractivity contribution in [3.63, 3.8) is 0 Å². The zero-order valence-corrected chi connectivity index (χ0v) is 10.2. The highest BCUT2D eigenvalue weighted by Gasteiger charge is 2.25. The lowest BCUT2D eigenvalue weighted by atomic mass is 10.1. The van der Waals surface area contributed by atoms with E-state index in [1.54, 1.807) is 13.1 Å². The Bertz CT molecular complexity index is 445. The second kappa shape index (κ2) is 3.80. The first-order valence-corrected chi connectivity index (χ1v) is 5.51. The highest BCUT2D eigenvalue weighted by Crippen LogP contribution is 2.24. The molecule has 0 saturated carbocycles. The summed E-state index contributed by atoms with van der Waals surface area (Å²) >= 11 is 2.09. The van der Waals surface area contributed by atoms with E-state index in [-0.39, 0.29) is 18.4 Å². The van der Waals surface area contributed by atoms with Gasteiger partial charge in [0.05, 0.1) is 17.8 Å². The number of amides is 2. The SMILES string of the molecule is CN1CC(=O)Nc2cccc(I)c2C1=O. The zero-order chi connectivity index (χ0) is 11.0. The van der Waals surface area contributed by atoms with Gasteiger partial charge in [-0.2, -0.15) is 0 Å². The molecular formula is C10H9IN2O2. The minimum atomic E-state index is -0.161. The molecule has 0 atom stereocenters. The van der Waals surface area contributed by atoms with E-state index >= 15 is 0 Å². The van der Waals surface area contributed by atoms with Gasteiger partial charge in [0.1, 0.15) is 0 Å². The molecular weight excluding hydrogens is 307 g/mol. The molecule has 1 N–H and O–H groups in total. The van der Waals surface area contributed by atoms with E-state index < -0.39 is 0 Å². The maximum absolute atomic E-state index is 11.9. The van der Waals surface area contributed by atoms with E-state index in [1.807, 2.05) is 12.1 Å². The van der Waals surface area contributed by atoms with Crippen molar-refractivity contribution >= 4 is 40.1 Å². The molecule has 78 valence electrons. The molecule has 1 aliphatic heterocycles. The molecule has 0 unspecified atom stereocenters. The molecule has 0 aliphatic carbocycles. The number of nitrogens with zero attached hydrogens (tertiary/aromatic N) is 1. The Labute approximate surface area is 101 Å². The van der Waals surface area contributed by atoms with Crippen molar-refractivity contribution in [2.75, 3.05) is 18.9 Å². The second-order valence-electron chi connectivity index (χ2n) is 3.37. The summed E-state index contributed by atoms with van der Waals surface area (Å²) in [5.74, 6) is -0.278. The molecule has 0 fully saturated rings. The van der Waals surface area contributed by atoms with E-state index in [0.717, 1.165) is 3.57 Å². The molecule has 1 heterocycles. The van der Waals surface area contributed by atoms with Gasteiger partial charge in [0.2, 0.25) is 5.91 Å². The number of hydrogen-bond acceptors (Lipinski definition) is 2. The van der Waals surface area contributed by atoms with Gasteiger partial charge in [-0.15, -0.1) is 0 Å². The molecule has 0 aromatic heterocycles. The fraction of sp³-hybridized carbons (Fsp3) is 0.200. The summed E-state index contributed by atoms with van der Waals surface area (Å²) in [5.41, 5.74) is 1.17. The largest absolute Gasteiger partial charge is 0.332 e. The van der Waals surface area contributed by atoms with Crippen LogP contribution in [0.5, 0.6) is 0 Å². The summed E-state index contributed by atoms with van der Waals surface area (Å²) < 4.78 is 0.851. The van der Waals surface area contributed by atoms with E-state index in [4.69, 9.17) is 0 Å². The Morgan fingerprint density at radius 2 is 2.13 bits per heavy atom. The Kier molecular flexibility index (Phi) is 2.64. The number of benzene rings is 1. The lowest BCUT2D eigenvalue weighted by Crippen LogP contribution is -2.31. The van der Waals surface area contributed by atoms with Crippen molar-refractivity contribution < 1.29 is 9.59 Å².